The molecule has 0 fully saturated rings. The van der Waals surface area contributed by atoms with Gasteiger partial charge in [0.1, 0.15) is 11.4 Å². The summed E-state index contributed by atoms with van der Waals surface area (Å²) >= 11 is 1.08. The molecule has 8 nitrogen and oxygen atoms in total. The van der Waals surface area contributed by atoms with Gasteiger partial charge in [0.2, 0.25) is 0 Å². The summed E-state index contributed by atoms with van der Waals surface area (Å²) in [5.41, 5.74) is -1.25. The van der Waals surface area contributed by atoms with Gasteiger partial charge in [0.05, 0.1) is 23.0 Å². The van der Waals surface area contributed by atoms with Gasteiger partial charge >= 0.3 is 6.18 Å². The number of fused-ring (bicyclic) bond motifs is 1. The smallest absolute Gasteiger partial charge is 0.416 e. The van der Waals surface area contributed by atoms with Crippen LogP contribution in [0.5, 0.6) is 5.75 Å². The molecule has 0 radical (unpaired) electrons. The van der Waals surface area contributed by atoms with Crippen LogP contribution in [0.4, 0.5) is 18.3 Å². The minimum absolute atomic E-state index is 0.0148. The van der Waals surface area contributed by atoms with E-state index in [-0.39, 0.29) is 37.8 Å². The fourth-order valence-electron chi connectivity index (χ4n) is 3.03. The number of nitrogens with one attached hydrogen (secondary N) is 2. The maximum atomic E-state index is 13.1. The highest BCUT2D eigenvalue weighted by Crippen LogP contribution is 2.38. The van der Waals surface area contributed by atoms with E-state index in [1.54, 1.807) is 5.38 Å². The van der Waals surface area contributed by atoms with Gasteiger partial charge in [-0.2, -0.15) is 18.3 Å². The van der Waals surface area contributed by atoms with Crippen LogP contribution in [0.3, 0.4) is 0 Å². The SMILES string of the molecule is COc1cc(C(F)(F)F)ccc1-c1n[nH]c(=O)c2cc(S(=O)(=O)Nc3nccs3)ccc12. The monoisotopic (exact) mass is 482 g/mol. The number of H-pyrrole nitrogens is 1. The number of aromatic amines is 1. The summed E-state index contributed by atoms with van der Waals surface area (Å²) in [5.74, 6) is -0.109. The number of rotatable bonds is 5. The van der Waals surface area contributed by atoms with E-state index in [2.05, 4.69) is 19.9 Å². The zero-order valence-corrected chi connectivity index (χ0v) is 17.7. The Morgan fingerprint density at radius 1 is 1.12 bits per heavy atom. The van der Waals surface area contributed by atoms with Crippen molar-refractivity contribution in [3.8, 4) is 17.0 Å². The molecule has 0 aliphatic carbocycles. The van der Waals surface area contributed by atoms with E-state index >= 15 is 0 Å². The molecular formula is C19H13F3N4O4S2. The Morgan fingerprint density at radius 2 is 1.91 bits per heavy atom. The van der Waals surface area contributed by atoms with Gasteiger partial charge in [-0.15, -0.1) is 11.3 Å². The van der Waals surface area contributed by atoms with Crippen LogP contribution in [-0.2, 0) is 16.2 Å². The van der Waals surface area contributed by atoms with Crippen molar-refractivity contribution in [2.45, 2.75) is 11.1 Å². The minimum Gasteiger partial charge on any atom is -0.496 e. The number of benzene rings is 2. The Hall–Kier alpha value is -3.45. The predicted molar refractivity (Wildman–Crippen MR) is 112 cm³/mol. The molecule has 0 spiro atoms. The van der Waals surface area contributed by atoms with Crippen LogP contribution in [0.2, 0.25) is 0 Å². The summed E-state index contributed by atoms with van der Waals surface area (Å²) in [5, 5.41) is 8.18. The third kappa shape index (κ3) is 4.03. The Morgan fingerprint density at radius 3 is 2.56 bits per heavy atom. The molecule has 0 saturated carbocycles. The first-order valence-electron chi connectivity index (χ1n) is 8.80. The zero-order valence-electron chi connectivity index (χ0n) is 16.1. The van der Waals surface area contributed by atoms with Crippen molar-refractivity contribution in [2.24, 2.45) is 0 Å². The van der Waals surface area contributed by atoms with Crippen LogP contribution in [0, 0.1) is 0 Å². The highest BCUT2D eigenvalue weighted by Gasteiger charge is 2.31. The number of halogens is 3. The number of ether oxygens (including phenoxy) is 1. The molecule has 0 aliphatic rings. The van der Waals surface area contributed by atoms with E-state index in [1.807, 2.05) is 0 Å². The molecule has 2 aromatic heterocycles. The highest BCUT2D eigenvalue weighted by atomic mass is 32.2. The maximum Gasteiger partial charge on any atom is 0.416 e. The molecule has 0 unspecified atom stereocenters. The normalized spacial score (nSPS) is 12.1. The molecular weight excluding hydrogens is 469 g/mol. The van der Waals surface area contributed by atoms with Crippen LogP contribution in [0.15, 0.2) is 57.7 Å². The van der Waals surface area contributed by atoms with E-state index in [1.165, 1.54) is 31.5 Å². The molecule has 0 bridgehead atoms. The lowest BCUT2D eigenvalue weighted by Crippen LogP contribution is -2.15. The summed E-state index contributed by atoms with van der Waals surface area (Å²) < 4.78 is 71.9. The molecule has 2 N–H and O–H groups in total. The Bertz CT molecular complexity index is 1470. The van der Waals surface area contributed by atoms with Crippen LogP contribution in [0.25, 0.3) is 22.0 Å². The number of hydrogen-bond acceptors (Lipinski definition) is 7. The second kappa shape index (κ2) is 7.91. The van der Waals surface area contributed by atoms with E-state index in [4.69, 9.17) is 4.74 Å². The second-order valence-electron chi connectivity index (χ2n) is 6.46. The summed E-state index contributed by atoms with van der Waals surface area (Å²) in [7, 11) is -2.82. The van der Waals surface area contributed by atoms with Crippen molar-refractivity contribution in [3.05, 3.63) is 63.9 Å². The van der Waals surface area contributed by atoms with Gasteiger partial charge in [0, 0.05) is 22.5 Å². The van der Waals surface area contributed by atoms with E-state index in [0.29, 0.717) is 0 Å². The lowest BCUT2D eigenvalue weighted by Gasteiger charge is -2.14. The van der Waals surface area contributed by atoms with Crippen molar-refractivity contribution in [1.29, 1.82) is 0 Å². The predicted octanol–water partition coefficient (Wildman–Crippen LogP) is 3.87. The number of methoxy groups -OCH3 is 1. The van der Waals surface area contributed by atoms with Crippen LogP contribution in [0.1, 0.15) is 5.56 Å². The number of thiazole rings is 1. The van der Waals surface area contributed by atoms with Crippen LogP contribution in [-0.4, -0.2) is 30.7 Å². The van der Waals surface area contributed by atoms with Crippen LogP contribution >= 0.6 is 11.3 Å². The third-order valence-electron chi connectivity index (χ3n) is 4.51. The van der Waals surface area contributed by atoms with Gasteiger partial charge in [-0.25, -0.2) is 18.5 Å². The number of aromatic nitrogens is 3. The van der Waals surface area contributed by atoms with Crippen molar-refractivity contribution >= 4 is 37.3 Å². The molecule has 166 valence electrons. The standard InChI is InChI=1S/C19H13F3N4O4S2/c1-30-15-8-10(19(20,21)22)2-4-13(15)16-12-5-3-11(9-14(12)17(27)25-24-16)32(28,29)26-18-23-6-7-31-18/h2-9H,1H3,(H,23,26)(H,25,27). The number of anilines is 1. The summed E-state index contributed by atoms with van der Waals surface area (Å²) in [4.78, 5) is 16.0. The molecule has 0 atom stereocenters. The molecule has 32 heavy (non-hydrogen) atoms. The van der Waals surface area contributed by atoms with Crippen LogP contribution < -0.4 is 15.0 Å². The first-order valence-corrected chi connectivity index (χ1v) is 11.2. The molecule has 0 aliphatic heterocycles. The Balaban J connectivity index is 1.85. The van der Waals surface area contributed by atoms with Gasteiger partial charge in [0.25, 0.3) is 15.6 Å². The number of alkyl halides is 3. The quantitative estimate of drug-likeness (QED) is 0.446. The summed E-state index contributed by atoms with van der Waals surface area (Å²) in [6.07, 6.45) is -3.14. The fourth-order valence-corrected chi connectivity index (χ4v) is 4.84. The van der Waals surface area contributed by atoms with Gasteiger partial charge in [-0.05, 0) is 30.3 Å². The largest absolute Gasteiger partial charge is 0.496 e. The molecule has 13 heteroatoms. The van der Waals surface area contributed by atoms with Crippen molar-refractivity contribution in [1.82, 2.24) is 15.2 Å². The Kier molecular flexibility index (Phi) is 5.38. The third-order valence-corrected chi connectivity index (χ3v) is 6.66. The lowest BCUT2D eigenvalue weighted by molar-refractivity contribution is -0.137. The molecule has 4 rings (SSSR count). The molecule has 4 aromatic rings. The molecule has 2 aromatic carbocycles. The lowest BCUT2D eigenvalue weighted by atomic mass is 10.0. The minimum atomic E-state index is -4.57. The molecule has 0 saturated heterocycles. The molecule has 0 amide bonds. The van der Waals surface area contributed by atoms with Crippen molar-refractivity contribution in [3.63, 3.8) is 0 Å². The zero-order chi connectivity index (χ0) is 23.1. The average Bonchev–Trinajstić information content (AvgIpc) is 3.25. The summed E-state index contributed by atoms with van der Waals surface area (Å²) in [6, 6.07) is 6.65. The first kappa shape index (κ1) is 21.8. The first-order chi connectivity index (χ1) is 15.1. The highest BCUT2D eigenvalue weighted by molar-refractivity contribution is 7.93. The second-order valence-corrected chi connectivity index (χ2v) is 9.04. The van der Waals surface area contributed by atoms with Gasteiger partial charge in [-0.3, -0.25) is 9.52 Å². The number of sulfonamides is 1. The summed E-state index contributed by atoms with van der Waals surface area (Å²) in [6.45, 7) is 0. The van der Waals surface area contributed by atoms with E-state index < -0.39 is 27.3 Å². The van der Waals surface area contributed by atoms with Gasteiger partial charge in [0.15, 0.2) is 5.13 Å². The van der Waals surface area contributed by atoms with E-state index in [9.17, 15) is 26.4 Å². The Labute approximate surface area is 182 Å². The van der Waals surface area contributed by atoms with Gasteiger partial charge in [-0.1, -0.05) is 6.07 Å². The number of hydrogen-bond donors (Lipinski definition) is 2. The van der Waals surface area contributed by atoms with E-state index in [0.717, 1.165) is 29.5 Å². The topological polar surface area (TPSA) is 114 Å². The van der Waals surface area contributed by atoms with Gasteiger partial charge < -0.3 is 4.74 Å². The van der Waals surface area contributed by atoms with Crippen molar-refractivity contribution < 1.29 is 26.3 Å². The number of nitrogens with zero attached hydrogens (tertiary/aromatic N) is 2. The maximum absolute atomic E-state index is 13.1. The molecule has 2 heterocycles. The average molecular weight is 482 g/mol. The van der Waals surface area contributed by atoms with Crippen molar-refractivity contribution in [2.75, 3.05) is 11.8 Å². The fraction of sp³-hybridized carbons (Fsp3) is 0.105.